The fourth-order valence-corrected chi connectivity index (χ4v) is 1.96. The average Bonchev–Trinajstić information content (AvgIpc) is 2.44. The number of benzene rings is 1. The van der Waals surface area contributed by atoms with Gasteiger partial charge < -0.3 is 20.5 Å². The molecule has 1 atom stereocenters. The Labute approximate surface area is 124 Å². The lowest BCUT2D eigenvalue weighted by Gasteiger charge is -2.19. The number of ether oxygens (including phenoxy) is 2. The summed E-state index contributed by atoms with van der Waals surface area (Å²) < 4.78 is 9.86. The summed E-state index contributed by atoms with van der Waals surface area (Å²) in [5.41, 5.74) is 6.47. The molecule has 0 aromatic heterocycles. The monoisotopic (exact) mass is 294 g/mol. The summed E-state index contributed by atoms with van der Waals surface area (Å²) in [4.78, 5) is 24.0. The minimum absolute atomic E-state index is 0.239. The normalized spacial score (nSPS) is 11.9. The van der Waals surface area contributed by atoms with E-state index in [1.807, 2.05) is 13.8 Å². The molecule has 6 nitrogen and oxygen atoms in total. The number of anilines is 1. The van der Waals surface area contributed by atoms with Gasteiger partial charge in [-0.1, -0.05) is 13.8 Å². The van der Waals surface area contributed by atoms with Crippen LogP contribution in [0.2, 0.25) is 0 Å². The number of hydrogen-bond donors (Lipinski definition) is 2. The van der Waals surface area contributed by atoms with Crippen LogP contribution >= 0.6 is 0 Å². The molecule has 0 saturated heterocycles. The molecular weight excluding hydrogens is 272 g/mol. The van der Waals surface area contributed by atoms with Crippen LogP contribution in [0, 0.1) is 5.92 Å². The van der Waals surface area contributed by atoms with Gasteiger partial charge in [0.15, 0.2) is 0 Å². The first-order valence-electron chi connectivity index (χ1n) is 6.71. The number of nitrogens with two attached hydrogens (primary N) is 1. The Kier molecular flexibility index (Phi) is 6.02. The van der Waals surface area contributed by atoms with Crippen molar-refractivity contribution in [1.29, 1.82) is 0 Å². The molecular formula is C15H22N2O4. The van der Waals surface area contributed by atoms with E-state index in [0.29, 0.717) is 23.4 Å². The van der Waals surface area contributed by atoms with E-state index in [1.54, 1.807) is 18.2 Å². The lowest BCUT2D eigenvalue weighted by atomic mass is 10.0. The average molecular weight is 294 g/mol. The summed E-state index contributed by atoms with van der Waals surface area (Å²) in [6, 6.07) is 4.04. The van der Waals surface area contributed by atoms with Crippen molar-refractivity contribution in [2.45, 2.75) is 26.3 Å². The van der Waals surface area contributed by atoms with Crippen LogP contribution in [0.3, 0.4) is 0 Å². The molecule has 0 heterocycles. The van der Waals surface area contributed by atoms with Gasteiger partial charge in [0.25, 0.3) is 5.91 Å². The van der Waals surface area contributed by atoms with E-state index in [0.717, 1.165) is 0 Å². The smallest absolute Gasteiger partial charge is 0.328 e. The minimum atomic E-state index is -0.690. The van der Waals surface area contributed by atoms with E-state index in [4.69, 9.17) is 15.2 Å². The minimum Gasteiger partial charge on any atom is -0.496 e. The number of amides is 1. The number of esters is 1. The van der Waals surface area contributed by atoms with E-state index in [2.05, 4.69) is 5.32 Å². The highest BCUT2D eigenvalue weighted by Crippen LogP contribution is 2.21. The molecule has 3 N–H and O–H groups in total. The van der Waals surface area contributed by atoms with E-state index in [1.165, 1.54) is 14.2 Å². The van der Waals surface area contributed by atoms with Crippen LogP contribution in [0.5, 0.6) is 5.75 Å². The maximum absolute atomic E-state index is 12.3. The number of carbonyl (C=O) groups is 2. The summed E-state index contributed by atoms with van der Waals surface area (Å²) in [7, 11) is 2.75. The van der Waals surface area contributed by atoms with Crippen molar-refractivity contribution < 1.29 is 19.1 Å². The van der Waals surface area contributed by atoms with Crippen LogP contribution in [0.4, 0.5) is 5.69 Å². The topological polar surface area (TPSA) is 90.7 Å². The zero-order valence-corrected chi connectivity index (χ0v) is 12.8. The van der Waals surface area contributed by atoms with Crippen molar-refractivity contribution in [1.82, 2.24) is 5.32 Å². The van der Waals surface area contributed by atoms with Gasteiger partial charge in [0.05, 0.1) is 19.8 Å². The maximum Gasteiger partial charge on any atom is 0.328 e. The van der Waals surface area contributed by atoms with Crippen LogP contribution in [-0.4, -0.2) is 32.1 Å². The highest BCUT2D eigenvalue weighted by Gasteiger charge is 2.24. The van der Waals surface area contributed by atoms with Crippen molar-refractivity contribution in [2.75, 3.05) is 20.0 Å². The third kappa shape index (κ3) is 4.66. The predicted octanol–water partition coefficient (Wildman–Crippen LogP) is 1.59. The SMILES string of the molecule is COC(=O)[C@H](CC(C)C)NC(=O)c1ccc(N)cc1OC. The number of rotatable bonds is 6. The summed E-state index contributed by atoms with van der Waals surface area (Å²) >= 11 is 0. The molecule has 1 aromatic carbocycles. The first kappa shape index (κ1) is 16.8. The zero-order valence-electron chi connectivity index (χ0n) is 12.8. The van der Waals surface area contributed by atoms with Crippen molar-refractivity contribution in [3.63, 3.8) is 0 Å². The number of nitrogens with one attached hydrogen (secondary N) is 1. The van der Waals surface area contributed by atoms with Crippen molar-refractivity contribution in [2.24, 2.45) is 5.92 Å². The van der Waals surface area contributed by atoms with Gasteiger partial charge in [-0.3, -0.25) is 4.79 Å². The second-order valence-corrected chi connectivity index (χ2v) is 5.14. The van der Waals surface area contributed by atoms with Crippen LogP contribution in [0.25, 0.3) is 0 Å². The molecule has 6 heteroatoms. The second-order valence-electron chi connectivity index (χ2n) is 5.14. The van der Waals surface area contributed by atoms with Crippen molar-refractivity contribution >= 4 is 17.6 Å². The summed E-state index contributed by atoms with van der Waals surface area (Å²) in [5.74, 6) is -0.266. The molecule has 0 aliphatic carbocycles. The molecule has 1 rings (SSSR count). The predicted molar refractivity (Wildman–Crippen MR) is 80.1 cm³/mol. The number of methoxy groups -OCH3 is 2. The maximum atomic E-state index is 12.3. The highest BCUT2D eigenvalue weighted by molar-refractivity contribution is 5.99. The molecule has 0 aliphatic heterocycles. The fraction of sp³-hybridized carbons (Fsp3) is 0.467. The molecule has 116 valence electrons. The fourth-order valence-electron chi connectivity index (χ4n) is 1.96. The Balaban J connectivity index is 2.93. The zero-order chi connectivity index (χ0) is 16.0. The number of nitrogen functional groups attached to an aromatic ring is 1. The van der Waals surface area contributed by atoms with E-state index < -0.39 is 17.9 Å². The lowest BCUT2D eigenvalue weighted by Crippen LogP contribution is -2.42. The third-order valence-corrected chi connectivity index (χ3v) is 2.97. The Bertz CT molecular complexity index is 514. The molecule has 0 spiro atoms. The van der Waals surface area contributed by atoms with E-state index >= 15 is 0 Å². The molecule has 0 radical (unpaired) electrons. The molecule has 0 aliphatic rings. The van der Waals surface area contributed by atoms with Gasteiger partial charge in [-0.2, -0.15) is 0 Å². The largest absolute Gasteiger partial charge is 0.496 e. The summed E-state index contributed by atoms with van der Waals surface area (Å²) in [5, 5.41) is 2.68. The Morgan fingerprint density at radius 3 is 2.48 bits per heavy atom. The highest BCUT2D eigenvalue weighted by atomic mass is 16.5. The van der Waals surface area contributed by atoms with Crippen LogP contribution in [-0.2, 0) is 9.53 Å². The molecule has 1 aromatic rings. The van der Waals surface area contributed by atoms with Crippen molar-refractivity contribution in [3.8, 4) is 5.75 Å². The number of carbonyl (C=O) groups excluding carboxylic acids is 2. The van der Waals surface area contributed by atoms with Gasteiger partial charge in [-0.15, -0.1) is 0 Å². The van der Waals surface area contributed by atoms with Gasteiger partial charge >= 0.3 is 5.97 Å². The number of hydrogen-bond acceptors (Lipinski definition) is 5. The van der Waals surface area contributed by atoms with Crippen molar-refractivity contribution in [3.05, 3.63) is 23.8 Å². The summed E-state index contributed by atoms with van der Waals surface area (Å²) in [6.07, 6.45) is 0.496. The Morgan fingerprint density at radius 1 is 1.29 bits per heavy atom. The first-order chi connectivity index (χ1) is 9.88. The quantitative estimate of drug-likeness (QED) is 0.614. The van der Waals surface area contributed by atoms with Crippen LogP contribution in [0.15, 0.2) is 18.2 Å². The van der Waals surface area contributed by atoms with Crippen LogP contribution in [0.1, 0.15) is 30.6 Å². The van der Waals surface area contributed by atoms with Gasteiger partial charge in [0, 0.05) is 11.8 Å². The third-order valence-electron chi connectivity index (χ3n) is 2.97. The Morgan fingerprint density at radius 2 is 1.95 bits per heavy atom. The van der Waals surface area contributed by atoms with Crippen LogP contribution < -0.4 is 15.8 Å². The molecule has 21 heavy (non-hydrogen) atoms. The molecule has 1 amide bonds. The van der Waals surface area contributed by atoms with E-state index in [-0.39, 0.29) is 5.92 Å². The molecule has 0 bridgehead atoms. The van der Waals surface area contributed by atoms with Gasteiger partial charge in [0.1, 0.15) is 11.8 Å². The van der Waals surface area contributed by atoms with Gasteiger partial charge in [0.2, 0.25) is 0 Å². The Hall–Kier alpha value is -2.24. The second kappa shape index (κ2) is 7.52. The standard InChI is InChI=1S/C15H22N2O4/c1-9(2)7-12(15(19)21-4)17-14(18)11-6-5-10(16)8-13(11)20-3/h5-6,8-9,12H,7,16H2,1-4H3,(H,17,18)/t12-/m0/s1. The molecule has 0 saturated carbocycles. The van der Waals surface area contributed by atoms with E-state index in [9.17, 15) is 9.59 Å². The molecule has 0 fully saturated rings. The first-order valence-corrected chi connectivity index (χ1v) is 6.71. The molecule has 0 unspecified atom stereocenters. The van der Waals surface area contributed by atoms with Gasteiger partial charge in [-0.25, -0.2) is 4.79 Å². The lowest BCUT2D eigenvalue weighted by molar-refractivity contribution is -0.143. The summed E-state index contributed by atoms with van der Waals surface area (Å²) in [6.45, 7) is 3.93. The van der Waals surface area contributed by atoms with Gasteiger partial charge in [-0.05, 0) is 24.5 Å².